The summed E-state index contributed by atoms with van der Waals surface area (Å²) >= 11 is 0. The van der Waals surface area contributed by atoms with E-state index in [0.29, 0.717) is 5.92 Å². The van der Waals surface area contributed by atoms with Crippen LogP contribution in [0.4, 0.5) is 5.69 Å². The van der Waals surface area contributed by atoms with Crippen LogP contribution in [-0.4, -0.2) is 10.6 Å². The lowest BCUT2D eigenvalue weighted by Gasteiger charge is -2.41. The second-order valence-electron chi connectivity index (χ2n) is 16.1. The third-order valence-corrected chi connectivity index (χ3v) is 12.5. The van der Waals surface area contributed by atoms with Gasteiger partial charge in [-0.1, -0.05) is 119 Å². The molecule has 5 aliphatic rings. The van der Waals surface area contributed by atoms with Crippen molar-refractivity contribution in [2.75, 3.05) is 4.90 Å². The van der Waals surface area contributed by atoms with Crippen LogP contribution < -0.4 is 4.90 Å². The predicted molar refractivity (Wildman–Crippen MR) is 217 cm³/mol. The van der Waals surface area contributed by atoms with Gasteiger partial charge >= 0.3 is 0 Å². The van der Waals surface area contributed by atoms with Crippen molar-refractivity contribution in [3.8, 4) is 5.69 Å². The summed E-state index contributed by atoms with van der Waals surface area (Å²) in [6.07, 6.45) is 26.9. The summed E-state index contributed by atoms with van der Waals surface area (Å²) in [4.78, 5) is 2.70. The van der Waals surface area contributed by atoms with E-state index < -0.39 is 0 Å². The molecule has 1 aromatic heterocycles. The molecule has 0 amide bonds. The molecule has 9 rings (SSSR count). The first-order chi connectivity index (χ1) is 24.7. The lowest BCUT2D eigenvalue weighted by Crippen LogP contribution is -2.37. The van der Waals surface area contributed by atoms with Gasteiger partial charge in [0.15, 0.2) is 0 Å². The Bertz CT molecular complexity index is 2350. The maximum Gasteiger partial charge on any atom is 0.0560 e. The van der Waals surface area contributed by atoms with Crippen LogP contribution in [0.25, 0.3) is 28.2 Å². The third-order valence-electron chi connectivity index (χ3n) is 12.5. The minimum Gasteiger partial charge on any atom is -0.338 e. The quantitative estimate of drug-likeness (QED) is 0.206. The summed E-state index contributed by atoms with van der Waals surface area (Å²) in [5.41, 5.74) is 17.8. The molecule has 3 aromatic carbocycles. The van der Waals surface area contributed by atoms with Crippen molar-refractivity contribution in [3.05, 3.63) is 178 Å². The normalized spacial score (nSPS) is 22.5. The van der Waals surface area contributed by atoms with Crippen LogP contribution in [0.3, 0.4) is 0 Å². The molecule has 0 spiro atoms. The Labute approximate surface area is 303 Å². The van der Waals surface area contributed by atoms with Crippen LogP contribution >= 0.6 is 0 Å². The Kier molecular flexibility index (Phi) is 7.33. The molecule has 0 bridgehead atoms. The molecule has 2 nitrogen and oxygen atoms in total. The number of fused-ring (bicyclic) bond motifs is 6. The van der Waals surface area contributed by atoms with Crippen LogP contribution in [0.5, 0.6) is 0 Å². The number of hydrogen-bond acceptors (Lipinski definition) is 1. The van der Waals surface area contributed by atoms with Crippen molar-refractivity contribution < 1.29 is 0 Å². The highest BCUT2D eigenvalue weighted by molar-refractivity contribution is 5.94. The molecule has 5 aliphatic carbocycles. The molecular weight excluding hydrogens is 617 g/mol. The monoisotopic (exact) mass is 664 g/mol. The largest absolute Gasteiger partial charge is 0.338 e. The van der Waals surface area contributed by atoms with E-state index in [9.17, 15) is 0 Å². The van der Waals surface area contributed by atoms with Crippen molar-refractivity contribution in [2.24, 2.45) is 11.3 Å². The lowest BCUT2D eigenvalue weighted by atomic mass is 9.72. The highest BCUT2D eigenvalue weighted by atomic mass is 15.2. The molecule has 4 aromatic rings. The fourth-order valence-electron chi connectivity index (χ4n) is 9.89. The average molecular weight is 665 g/mol. The fraction of sp³-hybridized carbons (Fsp3) is 0.265. The van der Waals surface area contributed by atoms with E-state index in [1.54, 1.807) is 0 Å². The highest BCUT2D eigenvalue weighted by Gasteiger charge is 2.46. The fourth-order valence-corrected chi connectivity index (χ4v) is 9.89. The van der Waals surface area contributed by atoms with E-state index in [2.05, 4.69) is 185 Å². The molecule has 1 heterocycles. The first-order valence-electron chi connectivity index (χ1n) is 18.8. The predicted octanol–water partition coefficient (Wildman–Crippen LogP) is 12.5. The molecule has 0 saturated carbocycles. The van der Waals surface area contributed by atoms with Crippen molar-refractivity contribution in [3.63, 3.8) is 0 Å². The van der Waals surface area contributed by atoms with Gasteiger partial charge in [0.25, 0.3) is 0 Å². The molecule has 254 valence electrons. The van der Waals surface area contributed by atoms with Crippen molar-refractivity contribution >= 4 is 28.2 Å². The lowest BCUT2D eigenvalue weighted by molar-refractivity contribution is 0.328. The van der Waals surface area contributed by atoms with Gasteiger partial charge in [-0.3, -0.25) is 0 Å². The summed E-state index contributed by atoms with van der Waals surface area (Å²) in [5, 5.41) is 1.31. The summed E-state index contributed by atoms with van der Waals surface area (Å²) in [7, 11) is 0. The van der Waals surface area contributed by atoms with Gasteiger partial charge in [0.2, 0.25) is 0 Å². The Hall–Kier alpha value is -5.08. The van der Waals surface area contributed by atoms with E-state index in [4.69, 9.17) is 0 Å². The standard InChI is InChI=1S/C49H48N2/c1-7-16-46-32(2)41-29-34(25-28-47(41)51(46)33-17-10-8-11-18-33)50(36-24-27-40-38-20-14-15-22-43(38)49(5,6)45(40)31-36)35-23-26-39-37-19-12-9-13-21-42(37)48(3,4)44(39)30-35/h7-8,10-23,25-29,31,36,44H,9,24,30H2,1-6H3/b16-7-. The number of hydrogen-bond donors (Lipinski definition) is 0. The molecule has 0 radical (unpaired) electrons. The van der Waals surface area contributed by atoms with Crippen molar-refractivity contribution in [1.82, 2.24) is 4.57 Å². The van der Waals surface area contributed by atoms with Crippen molar-refractivity contribution in [1.29, 1.82) is 0 Å². The molecule has 0 N–H and O–H groups in total. The molecule has 2 atom stereocenters. The SMILES string of the molecule is C/C=C\c1c(C)c2cc(N(C3=CC=C4C5=C(C=CCC=C5)C(C)(C)C4C3)C3C=C4C(=CC3)c3ccccc3C4(C)C)ccc2n1-c1ccccc1. The number of aromatic nitrogens is 1. The topological polar surface area (TPSA) is 8.17 Å². The molecule has 2 unspecified atom stereocenters. The third kappa shape index (κ3) is 4.75. The zero-order chi connectivity index (χ0) is 35.1. The first kappa shape index (κ1) is 31.9. The average Bonchev–Trinajstić information content (AvgIpc) is 3.49. The summed E-state index contributed by atoms with van der Waals surface area (Å²) in [6.45, 7) is 14.1. The number of anilines is 1. The van der Waals surface area contributed by atoms with Gasteiger partial charge in [0.05, 0.1) is 11.6 Å². The molecule has 0 aliphatic heterocycles. The zero-order valence-corrected chi connectivity index (χ0v) is 30.9. The van der Waals surface area contributed by atoms with E-state index in [-0.39, 0.29) is 16.9 Å². The van der Waals surface area contributed by atoms with Gasteiger partial charge in [-0.25, -0.2) is 0 Å². The van der Waals surface area contributed by atoms with Gasteiger partial charge in [-0.05, 0) is 131 Å². The first-order valence-corrected chi connectivity index (χ1v) is 18.8. The van der Waals surface area contributed by atoms with E-state index in [1.807, 2.05) is 0 Å². The maximum atomic E-state index is 2.70. The van der Waals surface area contributed by atoms with Crippen LogP contribution in [0.2, 0.25) is 0 Å². The smallest absolute Gasteiger partial charge is 0.0560 e. The second-order valence-corrected chi connectivity index (χ2v) is 16.1. The highest BCUT2D eigenvalue weighted by Crippen LogP contribution is 2.57. The van der Waals surface area contributed by atoms with Crippen LogP contribution in [0.1, 0.15) is 76.3 Å². The molecule has 0 saturated heterocycles. The van der Waals surface area contributed by atoms with E-state index in [0.717, 1.165) is 19.3 Å². The number of para-hydroxylation sites is 1. The van der Waals surface area contributed by atoms with Gasteiger partial charge in [0, 0.05) is 33.6 Å². The molecule has 0 fully saturated rings. The van der Waals surface area contributed by atoms with Crippen molar-refractivity contribution in [2.45, 2.75) is 72.3 Å². The van der Waals surface area contributed by atoms with Crippen LogP contribution in [0.15, 0.2) is 155 Å². The Morgan fingerprint density at radius 1 is 0.882 bits per heavy atom. The summed E-state index contributed by atoms with van der Waals surface area (Å²) in [5.74, 6) is 0.429. The minimum atomic E-state index is -0.0385. The number of benzene rings is 3. The van der Waals surface area contributed by atoms with Crippen LogP contribution in [-0.2, 0) is 5.41 Å². The number of rotatable bonds is 5. The van der Waals surface area contributed by atoms with Gasteiger partial charge in [-0.2, -0.15) is 0 Å². The number of nitrogens with zero attached hydrogens (tertiary/aromatic N) is 2. The Morgan fingerprint density at radius 3 is 2.49 bits per heavy atom. The van der Waals surface area contributed by atoms with Gasteiger partial charge in [0.1, 0.15) is 0 Å². The van der Waals surface area contributed by atoms with Gasteiger partial charge in [-0.15, -0.1) is 0 Å². The van der Waals surface area contributed by atoms with Crippen LogP contribution in [0, 0.1) is 18.3 Å². The van der Waals surface area contributed by atoms with E-state index in [1.165, 1.54) is 78.2 Å². The second kappa shape index (κ2) is 11.7. The summed E-state index contributed by atoms with van der Waals surface area (Å²) in [6, 6.07) is 27.3. The Morgan fingerprint density at radius 2 is 1.67 bits per heavy atom. The molecule has 51 heavy (non-hydrogen) atoms. The molecular formula is C49H48N2. The number of allylic oxidation sites excluding steroid dienone is 13. The maximum absolute atomic E-state index is 2.70. The Balaban J connectivity index is 1.21. The molecule has 2 heteroatoms. The van der Waals surface area contributed by atoms with E-state index >= 15 is 0 Å². The zero-order valence-electron chi connectivity index (χ0n) is 30.9. The summed E-state index contributed by atoms with van der Waals surface area (Å²) < 4.78 is 2.42. The number of aryl methyl sites for hydroxylation is 1. The minimum absolute atomic E-state index is 0.0385. The van der Waals surface area contributed by atoms with Gasteiger partial charge < -0.3 is 9.47 Å².